The van der Waals surface area contributed by atoms with E-state index in [1.54, 1.807) is 31.2 Å². The van der Waals surface area contributed by atoms with Crippen LogP contribution in [-0.4, -0.2) is 22.0 Å². The number of alkyl halides is 2. The molecule has 0 spiro atoms. The van der Waals surface area contributed by atoms with E-state index in [-0.39, 0.29) is 9.88 Å². The topological polar surface area (TPSA) is 103 Å². The molecule has 0 saturated heterocycles. The third-order valence-corrected chi connectivity index (χ3v) is 5.25. The van der Waals surface area contributed by atoms with Crippen molar-refractivity contribution in [3.05, 3.63) is 91.9 Å². The molecule has 2 N–H and O–H groups in total. The van der Waals surface area contributed by atoms with Gasteiger partial charge >= 0.3 is 5.92 Å². The summed E-state index contributed by atoms with van der Waals surface area (Å²) in [4.78, 5) is 28.9. The second-order valence-corrected chi connectivity index (χ2v) is 7.96. The smallest absolute Gasteiger partial charge is 0.347 e. The minimum absolute atomic E-state index is 0.0423. The van der Waals surface area contributed by atoms with Gasteiger partial charge in [-0.05, 0) is 30.7 Å². The number of carbonyl (C=O) groups is 1. The molecule has 1 aromatic carbocycles. The molecule has 1 amide bonds. The lowest BCUT2D eigenvalue weighted by molar-refractivity contribution is -0.624. The molecule has 0 bridgehead atoms. The van der Waals surface area contributed by atoms with Crippen LogP contribution in [0.15, 0.2) is 59.7 Å². The first kappa shape index (κ1) is 24.4. The van der Waals surface area contributed by atoms with Crippen molar-refractivity contribution in [1.82, 2.24) is 14.9 Å². The summed E-state index contributed by atoms with van der Waals surface area (Å²) >= 11 is 12.0. The van der Waals surface area contributed by atoms with Gasteiger partial charge in [0.05, 0.1) is 18.8 Å². The van der Waals surface area contributed by atoms with Crippen LogP contribution >= 0.6 is 23.2 Å². The Labute approximate surface area is 197 Å². The van der Waals surface area contributed by atoms with Gasteiger partial charge < -0.3 is 15.8 Å². The molecule has 2 aromatic heterocycles. The van der Waals surface area contributed by atoms with Crippen molar-refractivity contribution in [1.29, 1.82) is 0 Å². The molecule has 174 valence electrons. The summed E-state index contributed by atoms with van der Waals surface area (Å²) in [6, 6.07) is 10.1. The van der Waals surface area contributed by atoms with Crippen LogP contribution in [0.4, 0.5) is 14.6 Å². The molecule has 0 aliphatic rings. The minimum Gasteiger partial charge on any atom is -0.618 e. The summed E-state index contributed by atoms with van der Waals surface area (Å²) in [5.41, 5.74) is -0.904. The number of amides is 1. The second kappa shape index (κ2) is 10.1. The Hall–Kier alpha value is -3.24. The van der Waals surface area contributed by atoms with Crippen molar-refractivity contribution in [3.8, 4) is 0 Å². The summed E-state index contributed by atoms with van der Waals surface area (Å²) in [6.07, 6.45) is 2.01. The van der Waals surface area contributed by atoms with Gasteiger partial charge in [-0.25, -0.2) is 4.98 Å². The zero-order valence-electron chi connectivity index (χ0n) is 17.3. The molecule has 0 aliphatic carbocycles. The van der Waals surface area contributed by atoms with Crippen molar-refractivity contribution in [2.24, 2.45) is 0 Å². The molecule has 0 aliphatic heterocycles. The van der Waals surface area contributed by atoms with Crippen LogP contribution in [0.2, 0.25) is 10.2 Å². The van der Waals surface area contributed by atoms with Crippen molar-refractivity contribution in [2.45, 2.75) is 25.4 Å². The van der Waals surface area contributed by atoms with Crippen LogP contribution in [0.3, 0.4) is 0 Å². The SMILES string of the molecule is C[C@@H](NC(=O)Cn1c(Cl)cnc(NCC(F)(F)c2cccc[n+]2[O-])c1=O)c1cccc(Cl)c1. The Bertz CT molecular complexity index is 1220. The average Bonchev–Trinajstić information content (AvgIpc) is 2.76. The molecule has 0 saturated carbocycles. The third kappa shape index (κ3) is 5.96. The number of anilines is 1. The van der Waals surface area contributed by atoms with Gasteiger partial charge in [0, 0.05) is 17.2 Å². The number of hydrogen-bond acceptors (Lipinski definition) is 5. The Morgan fingerprint density at radius 2 is 2.03 bits per heavy atom. The molecule has 0 fully saturated rings. The van der Waals surface area contributed by atoms with Crippen molar-refractivity contribution < 1.29 is 18.3 Å². The van der Waals surface area contributed by atoms with Crippen LogP contribution in [0.5, 0.6) is 0 Å². The van der Waals surface area contributed by atoms with Gasteiger partial charge in [0.15, 0.2) is 12.0 Å². The molecule has 33 heavy (non-hydrogen) atoms. The zero-order valence-corrected chi connectivity index (χ0v) is 18.8. The lowest BCUT2D eigenvalue weighted by Crippen LogP contribution is -2.41. The van der Waals surface area contributed by atoms with Gasteiger partial charge in [0.1, 0.15) is 11.7 Å². The number of pyridine rings is 1. The van der Waals surface area contributed by atoms with Crippen LogP contribution in [-0.2, 0) is 17.3 Å². The standard InChI is InChI=1S/C21H19Cl2F2N5O3/c1-13(14-5-4-6-15(22)9-14)28-18(31)11-29-17(23)10-26-19(20(29)32)27-12-21(24,25)16-7-2-3-8-30(16)33/h2-10,13H,11-12H2,1H3,(H,26,27)(H,28,31)/t13-/m1/s1. The first-order valence-corrected chi connectivity index (χ1v) is 10.4. The predicted molar refractivity (Wildman–Crippen MR) is 119 cm³/mol. The molecule has 0 radical (unpaired) electrons. The first-order valence-electron chi connectivity index (χ1n) is 9.69. The number of nitrogens with zero attached hydrogens (tertiary/aromatic N) is 3. The lowest BCUT2D eigenvalue weighted by Gasteiger charge is -2.18. The maximum Gasteiger partial charge on any atom is 0.347 e. The van der Waals surface area contributed by atoms with Crippen molar-refractivity contribution >= 4 is 34.9 Å². The summed E-state index contributed by atoms with van der Waals surface area (Å²) in [6.45, 7) is 0.206. The molecule has 1 atom stereocenters. The molecule has 0 unspecified atom stereocenters. The second-order valence-electron chi connectivity index (χ2n) is 7.13. The average molecular weight is 498 g/mol. The van der Waals surface area contributed by atoms with Gasteiger partial charge in [0.2, 0.25) is 5.91 Å². The molecule has 3 rings (SSSR count). The van der Waals surface area contributed by atoms with Gasteiger partial charge in [-0.15, -0.1) is 0 Å². The maximum absolute atomic E-state index is 14.4. The summed E-state index contributed by atoms with van der Waals surface area (Å²) in [5.74, 6) is -4.57. The van der Waals surface area contributed by atoms with Crippen molar-refractivity contribution in [2.75, 3.05) is 11.9 Å². The van der Waals surface area contributed by atoms with E-state index < -0.39 is 48.0 Å². The van der Waals surface area contributed by atoms with E-state index >= 15 is 0 Å². The van der Waals surface area contributed by atoms with Crippen LogP contribution in [0, 0.1) is 5.21 Å². The van der Waals surface area contributed by atoms with E-state index in [0.29, 0.717) is 5.02 Å². The first-order chi connectivity index (χ1) is 15.6. The quantitative estimate of drug-likeness (QED) is 0.367. The Kier molecular flexibility index (Phi) is 7.50. The van der Waals surface area contributed by atoms with E-state index in [4.69, 9.17) is 23.2 Å². The fourth-order valence-electron chi connectivity index (χ4n) is 3.02. The van der Waals surface area contributed by atoms with Gasteiger partial charge in [-0.3, -0.25) is 14.2 Å². The van der Waals surface area contributed by atoms with E-state index in [1.165, 1.54) is 12.1 Å². The van der Waals surface area contributed by atoms with Crippen LogP contribution in [0.25, 0.3) is 0 Å². The number of nitrogens with one attached hydrogen (secondary N) is 2. The Morgan fingerprint density at radius 1 is 1.27 bits per heavy atom. The molecule has 12 heteroatoms. The highest BCUT2D eigenvalue weighted by Crippen LogP contribution is 2.25. The van der Waals surface area contributed by atoms with Crippen LogP contribution in [0.1, 0.15) is 24.2 Å². The number of rotatable bonds is 8. The van der Waals surface area contributed by atoms with E-state index in [9.17, 15) is 23.6 Å². The van der Waals surface area contributed by atoms with Crippen LogP contribution < -0.4 is 20.9 Å². The Balaban J connectivity index is 1.72. The fourth-order valence-corrected chi connectivity index (χ4v) is 3.41. The van der Waals surface area contributed by atoms with E-state index in [2.05, 4.69) is 15.6 Å². The van der Waals surface area contributed by atoms with E-state index in [1.807, 2.05) is 0 Å². The highest BCUT2D eigenvalue weighted by molar-refractivity contribution is 6.30. The molecule has 3 aromatic rings. The number of benzene rings is 1. The maximum atomic E-state index is 14.4. The minimum atomic E-state index is -3.59. The fraction of sp³-hybridized carbons (Fsp3) is 0.238. The zero-order chi connectivity index (χ0) is 24.2. The highest BCUT2D eigenvalue weighted by Gasteiger charge is 2.39. The number of carbonyl (C=O) groups excluding carboxylic acids is 1. The monoisotopic (exact) mass is 497 g/mol. The lowest BCUT2D eigenvalue weighted by atomic mass is 10.1. The normalized spacial score (nSPS) is 12.3. The Morgan fingerprint density at radius 3 is 2.73 bits per heavy atom. The van der Waals surface area contributed by atoms with Gasteiger partial charge in [0.25, 0.3) is 11.3 Å². The largest absolute Gasteiger partial charge is 0.618 e. The van der Waals surface area contributed by atoms with Crippen molar-refractivity contribution in [3.63, 3.8) is 0 Å². The van der Waals surface area contributed by atoms with E-state index in [0.717, 1.165) is 28.6 Å². The predicted octanol–water partition coefficient (Wildman–Crippen LogP) is 3.26. The summed E-state index contributed by atoms with van der Waals surface area (Å²) in [5, 5.41) is 16.9. The number of hydrogen-bond donors (Lipinski definition) is 2. The number of aromatic nitrogens is 3. The summed E-state index contributed by atoms with van der Waals surface area (Å²) < 4.78 is 29.8. The summed E-state index contributed by atoms with van der Waals surface area (Å²) in [7, 11) is 0. The highest BCUT2D eigenvalue weighted by atomic mass is 35.5. The molecular weight excluding hydrogens is 479 g/mol. The third-order valence-electron chi connectivity index (χ3n) is 4.71. The van der Waals surface area contributed by atoms with Gasteiger partial charge in [-0.1, -0.05) is 35.3 Å². The molecular formula is C21H19Cl2F2N5O3. The number of halogens is 4. The van der Waals surface area contributed by atoms with Gasteiger partial charge in [-0.2, -0.15) is 13.5 Å². The molecule has 2 heterocycles. The molecule has 8 nitrogen and oxygen atoms in total.